The SMILES string of the molecule is N#[N+]c1ccc(N(c2ccc(Br)cc2)c2ccc(Br)cc2)cc1Br. The summed E-state index contributed by atoms with van der Waals surface area (Å²) in [5.41, 5.74) is 3.51. The average molecular weight is 509 g/mol. The molecule has 0 aliphatic rings. The van der Waals surface area contributed by atoms with E-state index in [0.717, 1.165) is 30.5 Å². The summed E-state index contributed by atoms with van der Waals surface area (Å²) in [4.78, 5) is 5.39. The predicted molar refractivity (Wildman–Crippen MR) is 109 cm³/mol. The summed E-state index contributed by atoms with van der Waals surface area (Å²) < 4.78 is 2.77. The highest BCUT2D eigenvalue weighted by Crippen LogP contribution is 2.38. The van der Waals surface area contributed by atoms with Crippen molar-refractivity contribution in [3.8, 4) is 0 Å². The van der Waals surface area contributed by atoms with Crippen molar-refractivity contribution in [3.05, 3.63) is 85.1 Å². The third-order valence-corrected chi connectivity index (χ3v) is 5.16. The van der Waals surface area contributed by atoms with Gasteiger partial charge in [-0.1, -0.05) is 31.9 Å². The average Bonchev–Trinajstić information content (AvgIpc) is 2.59. The van der Waals surface area contributed by atoms with Crippen LogP contribution in [0.4, 0.5) is 22.7 Å². The van der Waals surface area contributed by atoms with Gasteiger partial charge in [0.15, 0.2) is 4.98 Å². The highest BCUT2D eigenvalue weighted by Gasteiger charge is 2.17. The van der Waals surface area contributed by atoms with Gasteiger partial charge in [-0.25, -0.2) is 0 Å². The lowest BCUT2D eigenvalue weighted by Crippen LogP contribution is -2.09. The fourth-order valence-corrected chi connectivity index (χ4v) is 3.32. The fraction of sp³-hybridized carbons (Fsp3) is 0. The van der Waals surface area contributed by atoms with Crippen LogP contribution in [-0.4, -0.2) is 0 Å². The molecule has 0 aromatic heterocycles. The van der Waals surface area contributed by atoms with Gasteiger partial charge < -0.3 is 4.90 Å². The van der Waals surface area contributed by atoms with Crippen LogP contribution in [0.1, 0.15) is 0 Å². The standard InChI is InChI=1S/C18H11Br3N3/c19-12-1-5-14(6-2-12)24(15-7-3-13(20)4-8-15)16-9-10-18(23-22)17(21)11-16/h1-11H/q+1. The molecule has 3 aromatic carbocycles. The van der Waals surface area contributed by atoms with E-state index in [0.29, 0.717) is 5.69 Å². The van der Waals surface area contributed by atoms with E-state index in [1.54, 1.807) is 6.07 Å². The van der Waals surface area contributed by atoms with Crippen molar-refractivity contribution >= 4 is 70.5 Å². The number of benzene rings is 3. The Hall–Kier alpha value is -1.68. The molecule has 3 nitrogen and oxygen atoms in total. The number of diazo groups is 1. The third-order valence-electron chi connectivity index (χ3n) is 3.47. The Kier molecular flexibility index (Phi) is 5.34. The molecule has 0 heterocycles. The molecule has 0 amide bonds. The maximum absolute atomic E-state index is 9.01. The minimum absolute atomic E-state index is 0.491. The molecule has 3 rings (SSSR count). The number of anilines is 3. The molecule has 0 aliphatic heterocycles. The molecule has 3 aromatic rings. The van der Waals surface area contributed by atoms with Crippen molar-refractivity contribution < 1.29 is 0 Å². The van der Waals surface area contributed by atoms with E-state index in [-0.39, 0.29) is 0 Å². The lowest BCUT2D eigenvalue weighted by molar-refractivity contribution is 1.28. The van der Waals surface area contributed by atoms with Gasteiger partial charge >= 0.3 is 5.69 Å². The first-order valence-corrected chi connectivity index (χ1v) is 9.42. The van der Waals surface area contributed by atoms with Crippen molar-refractivity contribution in [2.75, 3.05) is 4.90 Å². The summed E-state index contributed by atoms with van der Waals surface area (Å²) in [6, 6.07) is 21.8. The molecule has 0 spiro atoms. The largest absolute Gasteiger partial charge is 0.399 e. The zero-order valence-electron chi connectivity index (χ0n) is 12.3. The Morgan fingerprint density at radius 2 is 1.12 bits per heavy atom. The Balaban J connectivity index is 2.14. The molecule has 0 saturated heterocycles. The molecular weight excluding hydrogens is 498 g/mol. The number of hydrogen-bond acceptors (Lipinski definition) is 2. The summed E-state index contributed by atoms with van der Waals surface area (Å²) in [7, 11) is 0. The molecule has 0 aliphatic carbocycles. The molecule has 0 radical (unpaired) electrons. The van der Waals surface area contributed by atoms with Crippen molar-refractivity contribution in [2.24, 2.45) is 0 Å². The minimum atomic E-state index is 0.491. The van der Waals surface area contributed by atoms with Crippen LogP contribution >= 0.6 is 47.8 Å². The predicted octanol–water partition coefficient (Wildman–Crippen LogP) is 7.93. The van der Waals surface area contributed by atoms with Crippen LogP contribution in [0.3, 0.4) is 0 Å². The summed E-state index contributed by atoms with van der Waals surface area (Å²) in [5, 5.41) is 9.01. The van der Waals surface area contributed by atoms with Gasteiger partial charge in [0, 0.05) is 32.1 Å². The minimum Gasteiger partial charge on any atom is -0.310 e. The van der Waals surface area contributed by atoms with Gasteiger partial charge in [0.25, 0.3) is 0 Å². The summed E-state index contributed by atoms with van der Waals surface area (Å²) in [6.45, 7) is 0. The van der Waals surface area contributed by atoms with Crippen molar-refractivity contribution in [2.45, 2.75) is 0 Å². The van der Waals surface area contributed by atoms with E-state index in [1.807, 2.05) is 60.7 Å². The molecule has 0 atom stereocenters. The molecule has 0 unspecified atom stereocenters. The van der Waals surface area contributed by atoms with Gasteiger partial charge in [-0.3, -0.25) is 0 Å². The van der Waals surface area contributed by atoms with Crippen LogP contribution in [0.25, 0.3) is 4.98 Å². The number of halogens is 3. The quantitative estimate of drug-likeness (QED) is 0.336. The number of nitrogens with zero attached hydrogens (tertiary/aromatic N) is 3. The van der Waals surface area contributed by atoms with E-state index >= 15 is 0 Å². The van der Waals surface area contributed by atoms with Crippen LogP contribution in [0.15, 0.2) is 80.1 Å². The Bertz CT molecular complexity index is 855. The molecule has 0 N–H and O–H groups in total. The van der Waals surface area contributed by atoms with Crippen molar-refractivity contribution in [3.63, 3.8) is 0 Å². The second kappa shape index (κ2) is 7.47. The number of hydrogen-bond donors (Lipinski definition) is 0. The maximum atomic E-state index is 9.01. The van der Waals surface area contributed by atoms with Crippen molar-refractivity contribution in [1.82, 2.24) is 0 Å². The molecule has 6 heteroatoms. The maximum Gasteiger partial charge on any atom is 0.399 e. The second-order valence-electron chi connectivity index (χ2n) is 5.02. The monoisotopic (exact) mass is 506 g/mol. The highest BCUT2D eigenvalue weighted by molar-refractivity contribution is 9.11. The molecular formula is C18H11Br3N3+. The zero-order chi connectivity index (χ0) is 17.1. The zero-order valence-corrected chi connectivity index (χ0v) is 17.1. The van der Waals surface area contributed by atoms with Gasteiger partial charge in [0.2, 0.25) is 5.39 Å². The molecule has 24 heavy (non-hydrogen) atoms. The van der Waals surface area contributed by atoms with Crippen LogP contribution in [0, 0.1) is 5.39 Å². The fourth-order valence-electron chi connectivity index (χ4n) is 2.34. The van der Waals surface area contributed by atoms with E-state index < -0.39 is 0 Å². The lowest BCUT2D eigenvalue weighted by Gasteiger charge is -2.25. The summed E-state index contributed by atoms with van der Waals surface area (Å²) in [6.07, 6.45) is 0. The first-order valence-electron chi connectivity index (χ1n) is 7.04. The van der Waals surface area contributed by atoms with E-state index in [2.05, 4.69) is 57.7 Å². The highest BCUT2D eigenvalue weighted by atomic mass is 79.9. The van der Waals surface area contributed by atoms with E-state index in [1.165, 1.54) is 0 Å². The van der Waals surface area contributed by atoms with Gasteiger partial charge in [-0.2, -0.15) is 0 Å². The van der Waals surface area contributed by atoms with Crippen LogP contribution in [-0.2, 0) is 0 Å². The van der Waals surface area contributed by atoms with Crippen molar-refractivity contribution in [1.29, 1.82) is 5.39 Å². The molecule has 118 valence electrons. The second-order valence-corrected chi connectivity index (χ2v) is 7.71. The summed E-state index contributed by atoms with van der Waals surface area (Å²) >= 11 is 10.4. The van der Waals surface area contributed by atoms with E-state index in [9.17, 15) is 0 Å². The molecule has 0 bridgehead atoms. The van der Waals surface area contributed by atoms with E-state index in [4.69, 9.17) is 5.39 Å². The Morgan fingerprint density at radius 3 is 1.54 bits per heavy atom. The topological polar surface area (TPSA) is 31.4 Å². The normalized spacial score (nSPS) is 10.2. The smallest absolute Gasteiger partial charge is 0.310 e. The van der Waals surface area contributed by atoms with Gasteiger partial charge in [0.1, 0.15) is 4.47 Å². The van der Waals surface area contributed by atoms with Gasteiger partial charge in [-0.05, 0) is 76.6 Å². The van der Waals surface area contributed by atoms with Gasteiger partial charge in [0.05, 0.1) is 0 Å². The molecule has 0 saturated carbocycles. The van der Waals surface area contributed by atoms with Crippen LogP contribution in [0.5, 0.6) is 0 Å². The summed E-state index contributed by atoms with van der Waals surface area (Å²) in [5.74, 6) is 0. The first kappa shape index (κ1) is 17.2. The van der Waals surface area contributed by atoms with Crippen LogP contribution < -0.4 is 4.90 Å². The lowest BCUT2D eigenvalue weighted by atomic mass is 10.2. The number of rotatable bonds is 3. The van der Waals surface area contributed by atoms with Crippen LogP contribution in [0.2, 0.25) is 0 Å². The Morgan fingerprint density at radius 1 is 0.667 bits per heavy atom. The molecule has 0 fully saturated rings. The third kappa shape index (κ3) is 3.69. The Labute approximate surface area is 165 Å². The van der Waals surface area contributed by atoms with Gasteiger partial charge in [-0.15, -0.1) is 0 Å². The first-order chi connectivity index (χ1) is 11.6.